The van der Waals surface area contributed by atoms with E-state index in [9.17, 15) is 22.0 Å². The highest BCUT2D eigenvalue weighted by Gasteiger charge is 2.50. The van der Waals surface area contributed by atoms with Crippen molar-refractivity contribution in [3.8, 4) is 5.75 Å². The van der Waals surface area contributed by atoms with E-state index in [1.165, 1.54) is 51.4 Å². The van der Waals surface area contributed by atoms with Crippen LogP contribution in [0.5, 0.6) is 5.75 Å². The molecule has 5 rings (SSSR count). The smallest absolute Gasteiger partial charge is 0.400 e. The summed E-state index contributed by atoms with van der Waals surface area (Å²) in [5.74, 6) is -6.59. The minimum atomic E-state index is -3.87. The highest BCUT2D eigenvalue weighted by molar-refractivity contribution is 5.25. The Hall–Kier alpha value is -1.59. The van der Waals surface area contributed by atoms with Gasteiger partial charge in [0.15, 0.2) is 23.7 Å². The van der Waals surface area contributed by atoms with E-state index in [0.29, 0.717) is 62.9 Å². The number of alkyl halides is 4. The van der Waals surface area contributed by atoms with Crippen LogP contribution >= 0.6 is 0 Å². The van der Waals surface area contributed by atoms with Gasteiger partial charge in [-0.3, -0.25) is 0 Å². The molecule has 0 amide bonds. The van der Waals surface area contributed by atoms with Gasteiger partial charge in [0.25, 0.3) is 0 Å². The molecule has 4 fully saturated rings. The second kappa shape index (κ2) is 15.7. The van der Waals surface area contributed by atoms with E-state index in [1.54, 1.807) is 0 Å². The Balaban J connectivity index is 0.999. The second-order valence-electron chi connectivity index (χ2n) is 14.2. The molecule has 4 nitrogen and oxygen atoms in total. The van der Waals surface area contributed by atoms with Crippen molar-refractivity contribution in [2.45, 2.75) is 134 Å². The average molecular weight is 667 g/mol. The van der Waals surface area contributed by atoms with Gasteiger partial charge in [0.2, 0.25) is 0 Å². The minimum absolute atomic E-state index is 0.129. The number of ether oxygens (including phenoxy) is 4. The van der Waals surface area contributed by atoms with Crippen LogP contribution in [0.1, 0.15) is 110 Å². The highest BCUT2D eigenvalue weighted by atomic mass is 19.3. The maximum atomic E-state index is 15.2. The van der Waals surface area contributed by atoms with Gasteiger partial charge in [0.1, 0.15) is 5.75 Å². The fourth-order valence-corrected chi connectivity index (χ4v) is 8.10. The van der Waals surface area contributed by atoms with E-state index in [1.807, 2.05) is 0 Å². The minimum Gasteiger partial charge on any atom is -0.432 e. The van der Waals surface area contributed by atoms with Crippen LogP contribution in [-0.4, -0.2) is 37.8 Å². The van der Waals surface area contributed by atoms with Crippen molar-refractivity contribution in [3.63, 3.8) is 0 Å². The maximum absolute atomic E-state index is 15.2. The standard InChI is InChI=1S/C35H49F7O4/c1-2-3-4-5-22-6-8-23(9-7-22)25-20-43-33(44-21-25)24-10-16-28(17-11-24)45-34(39,40)26-12-14-27(15-13-26)35(41,42)46-29-18-30(36)32(38)31(37)19-29/h18-19,22-28,33H,2-17,20-21H2,1H3. The molecule has 1 saturated heterocycles. The van der Waals surface area contributed by atoms with E-state index in [4.69, 9.17) is 14.2 Å². The molecule has 0 atom stereocenters. The Morgan fingerprint density at radius 3 is 1.78 bits per heavy atom. The molecule has 46 heavy (non-hydrogen) atoms. The first-order valence-corrected chi connectivity index (χ1v) is 17.4. The molecule has 0 bridgehead atoms. The molecule has 0 spiro atoms. The summed E-state index contributed by atoms with van der Waals surface area (Å²) in [6.45, 7) is 3.62. The molecule has 1 aliphatic heterocycles. The zero-order chi connectivity index (χ0) is 32.9. The first-order chi connectivity index (χ1) is 21.9. The van der Waals surface area contributed by atoms with E-state index in [0.717, 1.165) is 5.92 Å². The van der Waals surface area contributed by atoms with Crippen molar-refractivity contribution in [2.24, 2.45) is 35.5 Å². The van der Waals surface area contributed by atoms with E-state index < -0.39 is 53.4 Å². The van der Waals surface area contributed by atoms with Gasteiger partial charge < -0.3 is 18.9 Å². The summed E-state index contributed by atoms with van der Waals surface area (Å²) < 4.78 is 122. The normalized spacial score (nSPS) is 33.1. The highest BCUT2D eigenvalue weighted by Crippen LogP contribution is 2.47. The largest absolute Gasteiger partial charge is 0.432 e. The zero-order valence-electron chi connectivity index (χ0n) is 26.8. The van der Waals surface area contributed by atoms with Gasteiger partial charge in [-0.25, -0.2) is 13.2 Å². The van der Waals surface area contributed by atoms with Gasteiger partial charge >= 0.3 is 12.2 Å². The molecule has 3 saturated carbocycles. The van der Waals surface area contributed by atoms with E-state index in [-0.39, 0.29) is 37.9 Å². The number of unbranched alkanes of at least 4 members (excludes halogenated alkanes) is 2. The van der Waals surface area contributed by atoms with E-state index in [2.05, 4.69) is 11.7 Å². The SMILES string of the molecule is CCCCCC1CCC(C2COC(C3CCC(OC(F)(F)C4CCC(C(F)(F)Oc5cc(F)c(F)c(F)c5)CC4)CC3)OC2)CC1. The molecule has 0 N–H and O–H groups in total. The van der Waals surface area contributed by atoms with Crippen LogP contribution in [0.3, 0.4) is 0 Å². The Kier molecular flexibility index (Phi) is 12.2. The molecule has 3 aliphatic carbocycles. The summed E-state index contributed by atoms with van der Waals surface area (Å²) in [5.41, 5.74) is 0. The lowest BCUT2D eigenvalue weighted by Crippen LogP contribution is -2.44. The van der Waals surface area contributed by atoms with Gasteiger partial charge in [-0.15, -0.1) is 0 Å². The maximum Gasteiger partial charge on any atom is 0.400 e. The Morgan fingerprint density at radius 2 is 1.22 bits per heavy atom. The number of halogens is 7. The van der Waals surface area contributed by atoms with Crippen LogP contribution < -0.4 is 4.74 Å². The van der Waals surface area contributed by atoms with Crippen LogP contribution in [0.25, 0.3) is 0 Å². The Labute approximate surface area is 268 Å². The lowest BCUT2D eigenvalue weighted by molar-refractivity contribution is -0.309. The monoisotopic (exact) mass is 666 g/mol. The van der Waals surface area contributed by atoms with Crippen LogP contribution in [-0.2, 0) is 14.2 Å². The van der Waals surface area contributed by atoms with Crippen molar-refractivity contribution < 1.29 is 49.7 Å². The molecule has 1 heterocycles. The van der Waals surface area contributed by atoms with Crippen molar-refractivity contribution >= 4 is 0 Å². The van der Waals surface area contributed by atoms with Crippen molar-refractivity contribution in [1.82, 2.24) is 0 Å². The van der Waals surface area contributed by atoms with Crippen LogP contribution in [0, 0.1) is 53.0 Å². The third-order valence-electron chi connectivity index (χ3n) is 11.0. The predicted octanol–water partition coefficient (Wildman–Crippen LogP) is 10.4. The lowest BCUT2D eigenvalue weighted by Gasteiger charge is -2.42. The summed E-state index contributed by atoms with van der Waals surface area (Å²) in [6, 6.07) is 0.665. The number of hydrogen-bond donors (Lipinski definition) is 0. The molecule has 0 aromatic heterocycles. The van der Waals surface area contributed by atoms with Crippen LogP contribution in [0.15, 0.2) is 12.1 Å². The second-order valence-corrected chi connectivity index (χ2v) is 14.2. The van der Waals surface area contributed by atoms with Crippen molar-refractivity contribution in [3.05, 3.63) is 29.6 Å². The van der Waals surface area contributed by atoms with Crippen molar-refractivity contribution in [1.29, 1.82) is 0 Å². The molecule has 1 aromatic carbocycles. The molecular formula is C35H49F7O4. The summed E-state index contributed by atoms with van der Waals surface area (Å²) in [4.78, 5) is 0. The molecule has 0 unspecified atom stereocenters. The third-order valence-corrected chi connectivity index (χ3v) is 11.0. The summed E-state index contributed by atoms with van der Waals surface area (Å²) in [7, 11) is 0. The van der Waals surface area contributed by atoms with Gasteiger partial charge in [-0.2, -0.15) is 17.6 Å². The summed E-state index contributed by atoms with van der Waals surface area (Å²) in [6.07, 6.45) is 3.25. The molecular weight excluding hydrogens is 617 g/mol. The average Bonchev–Trinajstić information content (AvgIpc) is 3.04. The summed E-state index contributed by atoms with van der Waals surface area (Å²) in [5, 5.41) is 0. The van der Waals surface area contributed by atoms with E-state index >= 15 is 8.78 Å². The fourth-order valence-electron chi connectivity index (χ4n) is 8.10. The summed E-state index contributed by atoms with van der Waals surface area (Å²) >= 11 is 0. The first-order valence-electron chi connectivity index (χ1n) is 17.4. The Bertz CT molecular complexity index is 1070. The molecule has 4 aliphatic rings. The topological polar surface area (TPSA) is 36.9 Å². The van der Waals surface area contributed by atoms with Gasteiger partial charge in [0.05, 0.1) is 31.2 Å². The molecule has 262 valence electrons. The number of benzene rings is 1. The lowest BCUT2D eigenvalue weighted by atomic mass is 9.74. The van der Waals surface area contributed by atoms with Gasteiger partial charge in [-0.05, 0) is 76.0 Å². The fraction of sp³-hybridized carbons (Fsp3) is 0.829. The number of rotatable bonds is 12. The first kappa shape index (κ1) is 35.7. The predicted molar refractivity (Wildman–Crippen MR) is 158 cm³/mol. The molecule has 1 aromatic rings. The quantitative estimate of drug-likeness (QED) is 0.126. The zero-order valence-corrected chi connectivity index (χ0v) is 26.8. The van der Waals surface area contributed by atoms with Gasteiger partial charge in [0, 0.05) is 24.0 Å². The molecule has 0 radical (unpaired) electrons. The Morgan fingerprint density at radius 1 is 0.674 bits per heavy atom. The number of hydrogen-bond acceptors (Lipinski definition) is 4. The third kappa shape index (κ3) is 9.10. The van der Waals surface area contributed by atoms with Crippen LogP contribution in [0.4, 0.5) is 30.7 Å². The molecule has 11 heteroatoms. The van der Waals surface area contributed by atoms with Crippen molar-refractivity contribution in [2.75, 3.05) is 13.2 Å². The van der Waals surface area contributed by atoms with Gasteiger partial charge in [-0.1, -0.05) is 45.4 Å². The van der Waals surface area contributed by atoms with Crippen LogP contribution in [0.2, 0.25) is 0 Å².